The number of rotatable bonds is 7. The number of ether oxygens (including phenoxy) is 1. The fourth-order valence-electron chi connectivity index (χ4n) is 3.14. The minimum Gasteiger partial charge on any atom is -0.494 e. The molecule has 1 aliphatic carbocycles. The van der Waals surface area contributed by atoms with Gasteiger partial charge in [0.15, 0.2) is 0 Å². The Morgan fingerprint density at radius 2 is 1.80 bits per heavy atom. The Morgan fingerprint density at radius 1 is 1.05 bits per heavy atom. The molecule has 0 radical (unpaired) electrons. The molecule has 2 nitrogen and oxygen atoms in total. The molecule has 1 N–H and O–H groups in total. The first-order chi connectivity index (χ1) is 9.85. The maximum absolute atomic E-state index is 5.67. The van der Waals surface area contributed by atoms with Crippen molar-refractivity contribution in [3.8, 4) is 5.75 Å². The maximum Gasteiger partial charge on any atom is 0.119 e. The van der Waals surface area contributed by atoms with Gasteiger partial charge in [-0.15, -0.1) is 0 Å². The van der Waals surface area contributed by atoms with E-state index in [0.29, 0.717) is 12.0 Å². The lowest BCUT2D eigenvalue weighted by molar-refractivity contribution is 0.315. The van der Waals surface area contributed by atoms with Crippen LogP contribution in [0.15, 0.2) is 24.3 Å². The Balaban J connectivity index is 1.99. The molecule has 20 heavy (non-hydrogen) atoms. The highest BCUT2D eigenvalue weighted by atomic mass is 16.5. The molecule has 112 valence electrons. The van der Waals surface area contributed by atoms with Gasteiger partial charge in [-0.2, -0.15) is 0 Å². The average Bonchev–Trinajstić information content (AvgIpc) is 2.52. The van der Waals surface area contributed by atoms with Crippen molar-refractivity contribution in [2.75, 3.05) is 13.2 Å². The first-order valence-electron chi connectivity index (χ1n) is 8.31. The second-order valence-electron chi connectivity index (χ2n) is 5.87. The van der Waals surface area contributed by atoms with Crippen LogP contribution in [0.5, 0.6) is 5.75 Å². The highest BCUT2D eigenvalue weighted by Crippen LogP contribution is 2.33. The Hall–Kier alpha value is -1.02. The van der Waals surface area contributed by atoms with Gasteiger partial charge in [-0.05, 0) is 55.8 Å². The smallest absolute Gasteiger partial charge is 0.119 e. The summed E-state index contributed by atoms with van der Waals surface area (Å²) in [6.45, 7) is 6.33. The molecule has 2 atom stereocenters. The van der Waals surface area contributed by atoms with E-state index in [1.807, 2.05) is 0 Å². The molecule has 2 unspecified atom stereocenters. The van der Waals surface area contributed by atoms with Crippen LogP contribution < -0.4 is 10.1 Å². The Morgan fingerprint density at radius 3 is 2.50 bits per heavy atom. The van der Waals surface area contributed by atoms with E-state index in [0.717, 1.165) is 25.3 Å². The third-order valence-corrected chi connectivity index (χ3v) is 4.20. The largest absolute Gasteiger partial charge is 0.494 e. The van der Waals surface area contributed by atoms with Crippen molar-refractivity contribution in [2.45, 2.75) is 64.3 Å². The molecule has 2 heteroatoms. The fraction of sp³-hybridized carbons (Fsp3) is 0.667. The van der Waals surface area contributed by atoms with Gasteiger partial charge in [0.1, 0.15) is 5.75 Å². The molecule has 0 bridgehead atoms. The molecule has 1 aromatic rings. The van der Waals surface area contributed by atoms with Crippen LogP contribution in [0, 0.1) is 0 Å². The predicted octanol–water partition coefficient (Wildman–Crippen LogP) is 4.50. The van der Waals surface area contributed by atoms with Gasteiger partial charge in [0.25, 0.3) is 0 Å². The Labute approximate surface area is 123 Å². The van der Waals surface area contributed by atoms with Gasteiger partial charge in [0.05, 0.1) is 6.61 Å². The highest BCUT2D eigenvalue weighted by molar-refractivity contribution is 5.30. The first kappa shape index (κ1) is 15.4. The third-order valence-electron chi connectivity index (χ3n) is 4.20. The lowest BCUT2D eigenvalue weighted by Crippen LogP contribution is -2.37. The first-order valence-corrected chi connectivity index (χ1v) is 8.31. The second kappa shape index (κ2) is 8.31. The molecule has 0 heterocycles. The van der Waals surface area contributed by atoms with Crippen LogP contribution in [0.1, 0.15) is 63.9 Å². The van der Waals surface area contributed by atoms with Crippen LogP contribution in [0.25, 0.3) is 0 Å². The zero-order valence-corrected chi connectivity index (χ0v) is 13.0. The number of hydrogen-bond donors (Lipinski definition) is 1. The number of nitrogens with one attached hydrogen (secondary N) is 1. The van der Waals surface area contributed by atoms with Crippen molar-refractivity contribution in [3.63, 3.8) is 0 Å². The summed E-state index contributed by atoms with van der Waals surface area (Å²) in [5.74, 6) is 1.68. The van der Waals surface area contributed by atoms with Crippen molar-refractivity contribution >= 4 is 0 Å². The van der Waals surface area contributed by atoms with Gasteiger partial charge >= 0.3 is 0 Å². The van der Waals surface area contributed by atoms with E-state index < -0.39 is 0 Å². The molecular formula is C18H29NO. The van der Waals surface area contributed by atoms with Crippen LogP contribution in [-0.4, -0.2) is 19.2 Å². The minimum atomic E-state index is 0.658. The zero-order chi connectivity index (χ0) is 14.2. The minimum absolute atomic E-state index is 0.658. The van der Waals surface area contributed by atoms with Crippen molar-refractivity contribution in [1.82, 2.24) is 5.32 Å². The summed E-state index contributed by atoms with van der Waals surface area (Å²) in [6, 6.07) is 9.46. The number of hydrogen-bond acceptors (Lipinski definition) is 2. The Bertz CT molecular complexity index is 374. The van der Waals surface area contributed by atoms with E-state index in [2.05, 4.69) is 43.4 Å². The van der Waals surface area contributed by atoms with Gasteiger partial charge in [-0.25, -0.2) is 0 Å². The highest BCUT2D eigenvalue weighted by Gasteiger charge is 2.25. The van der Waals surface area contributed by atoms with Crippen molar-refractivity contribution in [3.05, 3.63) is 29.8 Å². The molecule has 1 saturated carbocycles. The van der Waals surface area contributed by atoms with Gasteiger partial charge in [0, 0.05) is 6.04 Å². The molecule has 2 rings (SSSR count). The molecule has 1 aromatic carbocycles. The summed E-state index contributed by atoms with van der Waals surface area (Å²) >= 11 is 0. The SMILES string of the molecule is CCCNC1CCCCC1c1ccc(OCCC)cc1. The molecule has 1 fully saturated rings. The van der Waals surface area contributed by atoms with E-state index >= 15 is 0 Å². The van der Waals surface area contributed by atoms with E-state index in [9.17, 15) is 0 Å². The van der Waals surface area contributed by atoms with Gasteiger partial charge in [-0.1, -0.05) is 38.8 Å². The summed E-state index contributed by atoms with van der Waals surface area (Å²) in [4.78, 5) is 0. The van der Waals surface area contributed by atoms with Crippen molar-refractivity contribution < 1.29 is 4.74 Å². The maximum atomic E-state index is 5.67. The lowest BCUT2D eigenvalue weighted by atomic mass is 9.80. The Kier molecular flexibility index (Phi) is 6.38. The summed E-state index contributed by atoms with van der Waals surface area (Å²) in [6.07, 6.45) is 7.65. The van der Waals surface area contributed by atoms with E-state index in [4.69, 9.17) is 4.74 Å². The topological polar surface area (TPSA) is 21.3 Å². The van der Waals surface area contributed by atoms with Gasteiger partial charge in [-0.3, -0.25) is 0 Å². The second-order valence-corrected chi connectivity index (χ2v) is 5.87. The lowest BCUT2D eigenvalue weighted by Gasteiger charge is -2.33. The van der Waals surface area contributed by atoms with E-state index in [1.165, 1.54) is 37.7 Å². The van der Waals surface area contributed by atoms with E-state index in [-0.39, 0.29) is 0 Å². The molecule has 1 aliphatic rings. The fourth-order valence-corrected chi connectivity index (χ4v) is 3.14. The number of benzene rings is 1. The summed E-state index contributed by atoms with van der Waals surface area (Å²) < 4.78 is 5.67. The predicted molar refractivity (Wildman–Crippen MR) is 85.5 cm³/mol. The zero-order valence-electron chi connectivity index (χ0n) is 13.0. The normalized spacial score (nSPS) is 22.7. The van der Waals surface area contributed by atoms with Crippen LogP contribution in [0.4, 0.5) is 0 Å². The molecule has 0 spiro atoms. The van der Waals surface area contributed by atoms with Crippen molar-refractivity contribution in [1.29, 1.82) is 0 Å². The summed E-state index contributed by atoms with van der Waals surface area (Å²) in [7, 11) is 0. The quantitative estimate of drug-likeness (QED) is 0.791. The van der Waals surface area contributed by atoms with Crippen LogP contribution in [-0.2, 0) is 0 Å². The molecule has 0 aromatic heterocycles. The van der Waals surface area contributed by atoms with Crippen molar-refractivity contribution in [2.24, 2.45) is 0 Å². The summed E-state index contributed by atoms with van der Waals surface area (Å²) in [5, 5.41) is 3.74. The van der Waals surface area contributed by atoms with Crippen LogP contribution >= 0.6 is 0 Å². The summed E-state index contributed by atoms with van der Waals surface area (Å²) in [5.41, 5.74) is 1.47. The van der Waals surface area contributed by atoms with E-state index in [1.54, 1.807) is 0 Å². The molecule has 0 saturated heterocycles. The van der Waals surface area contributed by atoms with Crippen LogP contribution in [0.3, 0.4) is 0 Å². The average molecular weight is 275 g/mol. The molecule has 0 aliphatic heterocycles. The third kappa shape index (κ3) is 4.24. The van der Waals surface area contributed by atoms with Gasteiger partial charge < -0.3 is 10.1 Å². The van der Waals surface area contributed by atoms with Crippen LogP contribution in [0.2, 0.25) is 0 Å². The van der Waals surface area contributed by atoms with Gasteiger partial charge in [0.2, 0.25) is 0 Å². The standard InChI is InChI=1S/C18H29NO/c1-3-13-19-18-8-6-5-7-17(18)15-9-11-16(12-10-15)20-14-4-2/h9-12,17-19H,3-8,13-14H2,1-2H3. The molecular weight excluding hydrogens is 246 g/mol. The molecule has 0 amide bonds. The monoisotopic (exact) mass is 275 g/mol.